The Morgan fingerprint density at radius 1 is 1.05 bits per heavy atom. The number of aryl methyl sites for hydroxylation is 1. The molecule has 0 radical (unpaired) electrons. The molecule has 0 saturated carbocycles. The Hall–Kier alpha value is -2.34. The quantitative estimate of drug-likeness (QED) is 0.756. The molecule has 0 heteroatoms. The Labute approximate surface area is 134 Å². The van der Waals surface area contributed by atoms with E-state index in [1.165, 1.54) is 17.5 Å². The van der Waals surface area contributed by atoms with Gasteiger partial charge in [0.05, 0.1) is 0 Å². The van der Waals surface area contributed by atoms with Crippen LogP contribution in [0.15, 0.2) is 67.3 Å². The molecule has 0 atom stereocenters. The molecule has 0 amide bonds. The molecule has 0 saturated heterocycles. The maximum Gasteiger partial charge on any atom is -0.0115 e. The van der Waals surface area contributed by atoms with Gasteiger partial charge in [-0.3, -0.25) is 0 Å². The fraction of sp³-hybridized carbons (Fsp3) is 0.182. The highest BCUT2D eigenvalue weighted by Crippen LogP contribution is 2.05. The fourth-order valence-electron chi connectivity index (χ4n) is 1.98. The molecule has 0 heterocycles. The van der Waals surface area contributed by atoms with Gasteiger partial charge in [0.1, 0.15) is 0 Å². The number of hydrogen-bond donors (Lipinski definition) is 0. The third kappa shape index (κ3) is 5.57. The Kier molecular flexibility index (Phi) is 7.70. The summed E-state index contributed by atoms with van der Waals surface area (Å²) in [6.07, 6.45) is 7.31. The van der Waals surface area contributed by atoms with Crippen LogP contribution in [-0.4, -0.2) is 0 Å². The second kappa shape index (κ2) is 9.57. The van der Waals surface area contributed by atoms with Crippen LogP contribution in [0, 0.1) is 6.92 Å². The zero-order chi connectivity index (χ0) is 16.4. The molecule has 2 rings (SSSR count). The number of benzene rings is 2. The average Bonchev–Trinajstić information content (AvgIpc) is 2.53. The van der Waals surface area contributed by atoms with Crippen molar-refractivity contribution in [2.75, 3.05) is 0 Å². The first-order valence-electron chi connectivity index (χ1n) is 7.77. The number of rotatable bonds is 3. The minimum Gasteiger partial charge on any atom is -0.0984 e. The fourth-order valence-corrected chi connectivity index (χ4v) is 1.98. The van der Waals surface area contributed by atoms with Crippen LogP contribution in [0.3, 0.4) is 0 Å². The molecule has 0 aliphatic heterocycles. The van der Waals surface area contributed by atoms with Crippen molar-refractivity contribution in [2.24, 2.45) is 0 Å². The van der Waals surface area contributed by atoms with Gasteiger partial charge in [-0.2, -0.15) is 0 Å². The van der Waals surface area contributed by atoms with Gasteiger partial charge in [-0.25, -0.2) is 0 Å². The van der Waals surface area contributed by atoms with Gasteiger partial charge < -0.3 is 0 Å². The van der Waals surface area contributed by atoms with Gasteiger partial charge in [0.15, 0.2) is 0 Å². The van der Waals surface area contributed by atoms with Gasteiger partial charge in [0.2, 0.25) is 0 Å². The van der Waals surface area contributed by atoms with E-state index in [0.717, 1.165) is 16.0 Å². The van der Waals surface area contributed by atoms with Crippen molar-refractivity contribution < 1.29 is 0 Å². The lowest BCUT2D eigenvalue weighted by molar-refractivity contribution is 1.09. The van der Waals surface area contributed by atoms with Gasteiger partial charge in [-0.05, 0) is 28.5 Å². The lowest BCUT2D eigenvalue weighted by Crippen LogP contribution is -2.24. The SMILES string of the molecule is C=CC(/C=C/c1ccccc1)=c1\cc(C)ccc1=C.CCC. The predicted octanol–water partition coefficient (Wildman–Crippen LogP) is 4.87. The Bertz CT molecular complexity index is 718. The normalized spacial score (nSPS) is 11.6. The van der Waals surface area contributed by atoms with E-state index in [2.05, 4.69) is 70.3 Å². The van der Waals surface area contributed by atoms with Crippen molar-refractivity contribution >= 4 is 18.2 Å². The third-order valence-corrected chi connectivity index (χ3v) is 3.05. The summed E-state index contributed by atoms with van der Waals surface area (Å²) in [6.45, 7) is 14.3. The highest BCUT2D eigenvalue weighted by atomic mass is 14.0. The standard InChI is InChI=1S/C19H18.C3H8/c1-4-18(13-12-17-8-6-5-7-9-17)19-14-15(2)10-11-16(19)3;1-3-2/h4-14H,1,3H2,2H3;3H2,1-2H3/b13-12+,19-18-;. The van der Waals surface area contributed by atoms with E-state index in [1.807, 2.05) is 30.3 Å². The van der Waals surface area contributed by atoms with Crippen molar-refractivity contribution in [2.45, 2.75) is 27.2 Å². The highest BCUT2D eigenvalue weighted by Gasteiger charge is 1.92. The van der Waals surface area contributed by atoms with Gasteiger partial charge in [-0.1, -0.05) is 106 Å². The smallest absolute Gasteiger partial charge is 0.0115 e. The summed E-state index contributed by atoms with van der Waals surface area (Å²) in [5.74, 6) is 0. The molecule has 0 N–H and O–H groups in total. The maximum absolute atomic E-state index is 4.08. The summed E-state index contributed by atoms with van der Waals surface area (Å²) in [5.41, 5.74) is 3.51. The summed E-state index contributed by atoms with van der Waals surface area (Å²) in [6, 6.07) is 16.5. The molecule has 22 heavy (non-hydrogen) atoms. The van der Waals surface area contributed by atoms with Crippen LogP contribution < -0.4 is 10.4 Å². The summed E-state index contributed by atoms with van der Waals surface area (Å²) in [4.78, 5) is 0. The lowest BCUT2D eigenvalue weighted by atomic mass is 10.1. The molecule has 2 aromatic carbocycles. The summed E-state index contributed by atoms with van der Waals surface area (Å²) in [7, 11) is 0. The van der Waals surface area contributed by atoms with Crippen LogP contribution in [-0.2, 0) is 0 Å². The summed E-state index contributed by atoms with van der Waals surface area (Å²) >= 11 is 0. The molecule has 114 valence electrons. The highest BCUT2D eigenvalue weighted by molar-refractivity contribution is 5.73. The zero-order valence-electron chi connectivity index (χ0n) is 14.0. The van der Waals surface area contributed by atoms with Gasteiger partial charge in [0, 0.05) is 0 Å². The molecule has 2 aromatic rings. The minimum atomic E-state index is 1.03. The first kappa shape index (κ1) is 17.7. The van der Waals surface area contributed by atoms with E-state index >= 15 is 0 Å². The molecule has 0 bridgehead atoms. The predicted molar refractivity (Wildman–Crippen MR) is 101 cm³/mol. The largest absolute Gasteiger partial charge is 0.0984 e. The van der Waals surface area contributed by atoms with E-state index in [1.54, 1.807) is 0 Å². The number of hydrogen-bond acceptors (Lipinski definition) is 0. The van der Waals surface area contributed by atoms with Crippen LogP contribution in [0.1, 0.15) is 31.4 Å². The van der Waals surface area contributed by atoms with Crippen LogP contribution in [0.5, 0.6) is 0 Å². The minimum absolute atomic E-state index is 1.03. The van der Waals surface area contributed by atoms with E-state index in [9.17, 15) is 0 Å². The first-order valence-corrected chi connectivity index (χ1v) is 7.77. The van der Waals surface area contributed by atoms with Crippen molar-refractivity contribution in [3.8, 4) is 0 Å². The van der Waals surface area contributed by atoms with Crippen LogP contribution in [0.25, 0.3) is 18.2 Å². The van der Waals surface area contributed by atoms with Gasteiger partial charge in [0.25, 0.3) is 0 Å². The summed E-state index contributed by atoms with van der Waals surface area (Å²) < 4.78 is 0. The van der Waals surface area contributed by atoms with E-state index in [4.69, 9.17) is 0 Å². The van der Waals surface area contributed by atoms with Crippen molar-refractivity contribution in [1.29, 1.82) is 0 Å². The Morgan fingerprint density at radius 2 is 1.68 bits per heavy atom. The Morgan fingerprint density at radius 3 is 2.27 bits per heavy atom. The lowest BCUT2D eigenvalue weighted by Gasteiger charge is -1.98. The molecule has 0 nitrogen and oxygen atoms in total. The molecular weight excluding hydrogens is 264 g/mol. The molecule has 0 spiro atoms. The topological polar surface area (TPSA) is 0 Å². The van der Waals surface area contributed by atoms with Crippen molar-refractivity contribution in [1.82, 2.24) is 0 Å². The van der Waals surface area contributed by atoms with Gasteiger partial charge in [-0.15, -0.1) is 0 Å². The molecule has 0 aliphatic rings. The van der Waals surface area contributed by atoms with Crippen molar-refractivity contribution in [3.63, 3.8) is 0 Å². The van der Waals surface area contributed by atoms with Crippen LogP contribution in [0.4, 0.5) is 0 Å². The van der Waals surface area contributed by atoms with E-state index in [-0.39, 0.29) is 0 Å². The maximum atomic E-state index is 4.08. The summed E-state index contributed by atoms with van der Waals surface area (Å²) in [5, 5.41) is 2.17. The molecule has 0 aromatic heterocycles. The second-order valence-corrected chi connectivity index (χ2v) is 5.27. The third-order valence-electron chi connectivity index (χ3n) is 3.05. The average molecular weight is 290 g/mol. The molecule has 0 aliphatic carbocycles. The number of allylic oxidation sites excluding steroid dienone is 2. The second-order valence-electron chi connectivity index (χ2n) is 5.27. The van der Waals surface area contributed by atoms with Crippen molar-refractivity contribution in [3.05, 3.63) is 88.8 Å². The molecule has 0 fully saturated rings. The zero-order valence-corrected chi connectivity index (χ0v) is 14.0. The molecule has 0 unspecified atom stereocenters. The van der Waals surface area contributed by atoms with Crippen LogP contribution in [0.2, 0.25) is 0 Å². The molecular formula is C22H26. The van der Waals surface area contributed by atoms with E-state index < -0.39 is 0 Å². The van der Waals surface area contributed by atoms with Gasteiger partial charge >= 0.3 is 0 Å². The van der Waals surface area contributed by atoms with Crippen LogP contribution >= 0.6 is 0 Å². The van der Waals surface area contributed by atoms with E-state index in [0.29, 0.717) is 0 Å². The first-order chi connectivity index (χ1) is 10.6. The monoisotopic (exact) mass is 290 g/mol. The Balaban J connectivity index is 0.000000745.